The van der Waals surface area contributed by atoms with Crippen molar-refractivity contribution < 1.29 is 19.0 Å². The first-order valence-corrected chi connectivity index (χ1v) is 5.82. The van der Waals surface area contributed by atoms with E-state index >= 15 is 0 Å². The van der Waals surface area contributed by atoms with E-state index < -0.39 is 0 Å². The third kappa shape index (κ3) is 3.15. The van der Waals surface area contributed by atoms with Crippen LogP contribution in [0.25, 0.3) is 0 Å². The first kappa shape index (κ1) is 14.4. The molecular weight excluding hydrogens is 232 g/mol. The van der Waals surface area contributed by atoms with Crippen LogP contribution in [-0.2, 0) is 11.2 Å². The van der Waals surface area contributed by atoms with Crippen molar-refractivity contribution >= 4 is 5.78 Å². The molecule has 0 aromatic heterocycles. The average molecular weight is 252 g/mol. The molecule has 1 atom stereocenters. The summed E-state index contributed by atoms with van der Waals surface area (Å²) in [7, 11) is 4.78. The van der Waals surface area contributed by atoms with E-state index in [2.05, 4.69) is 0 Å². The topological polar surface area (TPSA) is 44.8 Å². The fraction of sp³-hybridized carbons (Fsp3) is 0.500. The minimum absolute atomic E-state index is 0.0683. The number of ether oxygens (including phenoxy) is 3. The summed E-state index contributed by atoms with van der Waals surface area (Å²) in [5.74, 6) is 2.11. The molecule has 0 aliphatic heterocycles. The number of benzene rings is 1. The third-order valence-electron chi connectivity index (χ3n) is 3.02. The van der Waals surface area contributed by atoms with E-state index in [9.17, 15) is 4.79 Å². The predicted molar refractivity (Wildman–Crippen MR) is 69.6 cm³/mol. The van der Waals surface area contributed by atoms with Crippen molar-refractivity contribution in [3.8, 4) is 17.2 Å². The van der Waals surface area contributed by atoms with Crippen molar-refractivity contribution in [3.05, 3.63) is 17.7 Å². The SMILES string of the molecule is COc1cc(OC)c(CC(C)C(C)=O)c(OC)c1. The molecule has 0 saturated heterocycles. The van der Waals surface area contributed by atoms with Gasteiger partial charge in [-0.3, -0.25) is 4.79 Å². The molecule has 0 radical (unpaired) electrons. The van der Waals surface area contributed by atoms with E-state index in [0.29, 0.717) is 23.7 Å². The number of carbonyl (C=O) groups is 1. The van der Waals surface area contributed by atoms with Crippen molar-refractivity contribution in [3.63, 3.8) is 0 Å². The van der Waals surface area contributed by atoms with Gasteiger partial charge < -0.3 is 14.2 Å². The molecule has 0 aliphatic carbocycles. The minimum Gasteiger partial charge on any atom is -0.496 e. The van der Waals surface area contributed by atoms with Gasteiger partial charge in [0.05, 0.1) is 21.3 Å². The summed E-state index contributed by atoms with van der Waals surface area (Å²) in [5, 5.41) is 0. The van der Waals surface area contributed by atoms with Crippen molar-refractivity contribution in [2.24, 2.45) is 5.92 Å². The molecule has 1 unspecified atom stereocenters. The summed E-state index contributed by atoms with van der Waals surface area (Å²) in [6.07, 6.45) is 0.589. The van der Waals surface area contributed by atoms with E-state index in [0.717, 1.165) is 5.56 Å². The van der Waals surface area contributed by atoms with Crippen LogP contribution in [0.5, 0.6) is 17.2 Å². The Kier molecular flexibility index (Phi) is 5.01. The smallest absolute Gasteiger partial charge is 0.132 e. The molecular formula is C14H20O4. The summed E-state index contributed by atoms with van der Waals surface area (Å²) in [6.45, 7) is 3.48. The molecule has 0 bridgehead atoms. The molecule has 1 aromatic rings. The summed E-state index contributed by atoms with van der Waals surface area (Å²) in [6, 6.07) is 3.59. The Balaban J connectivity index is 3.18. The number of ketones is 1. The van der Waals surface area contributed by atoms with Gasteiger partial charge in [-0.1, -0.05) is 6.92 Å². The van der Waals surface area contributed by atoms with Gasteiger partial charge in [-0.25, -0.2) is 0 Å². The summed E-state index contributed by atoms with van der Waals surface area (Å²) >= 11 is 0. The molecule has 0 fully saturated rings. The van der Waals surface area contributed by atoms with Gasteiger partial charge >= 0.3 is 0 Å². The van der Waals surface area contributed by atoms with E-state index in [1.54, 1.807) is 40.4 Å². The highest BCUT2D eigenvalue weighted by molar-refractivity contribution is 5.78. The molecule has 1 rings (SSSR count). The Labute approximate surface area is 108 Å². The highest BCUT2D eigenvalue weighted by Gasteiger charge is 2.18. The minimum atomic E-state index is -0.0683. The first-order chi connectivity index (χ1) is 8.53. The third-order valence-corrected chi connectivity index (χ3v) is 3.02. The zero-order valence-corrected chi connectivity index (χ0v) is 11.6. The van der Waals surface area contributed by atoms with Crippen LogP contribution in [0.15, 0.2) is 12.1 Å². The number of hydrogen-bond acceptors (Lipinski definition) is 4. The number of methoxy groups -OCH3 is 3. The van der Waals surface area contributed by atoms with Crippen LogP contribution in [0.4, 0.5) is 0 Å². The van der Waals surface area contributed by atoms with Crippen LogP contribution in [-0.4, -0.2) is 27.1 Å². The van der Waals surface area contributed by atoms with Gasteiger partial charge in [-0.05, 0) is 13.3 Å². The molecule has 0 amide bonds. The average Bonchev–Trinajstić information content (AvgIpc) is 2.38. The number of hydrogen-bond donors (Lipinski definition) is 0. The Bertz CT molecular complexity index is 401. The predicted octanol–water partition coefficient (Wildman–Crippen LogP) is 2.48. The first-order valence-electron chi connectivity index (χ1n) is 5.82. The summed E-state index contributed by atoms with van der Waals surface area (Å²) in [4.78, 5) is 11.4. The fourth-order valence-corrected chi connectivity index (χ4v) is 1.73. The summed E-state index contributed by atoms with van der Waals surface area (Å²) < 4.78 is 15.9. The molecule has 0 N–H and O–H groups in total. The highest BCUT2D eigenvalue weighted by Crippen LogP contribution is 2.35. The maximum atomic E-state index is 11.4. The van der Waals surface area contributed by atoms with E-state index in [-0.39, 0.29) is 11.7 Å². The van der Waals surface area contributed by atoms with Crippen molar-refractivity contribution in [2.45, 2.75) is 20.3 Å². The Morgan fingerprint density at radius 3 is 1.94 bits per heavy atom. The lowest BCUT2D eigenvalue weighted by molar-refractivity contribution is -0.120. The Morgan fingerprint density at radius 2 is 1.61 bits per heavy atom. The summed E-state index contributed by atoms with van der Waals surface area (Å²) in [5.41, 5.74) is 0.892. The van der Waals surface area contributed by atoms with Crippen LogP contribution < -0.4 is 14.2 Å². The Morgan fingerprint density at radius 1 is 1.11 bits per heavy atom. The molecule has 0 aliphatic rings. The van der Waals surface area contributed by atoms with E-state index in [1.165, 1.54) is 0 Å². The Hall–Kier alpha value is -1.71. The van der Waals surface area contributed by atoms with Crippen LogP contribution in [0.1, 0.15) is 19.4 Å². The fourth-order valence-electron chi connectivity index (χ4n) is 1.73. The van der Waals surface area contributed by atoms with Crippen LogP contribution >= 0.6 is 0 Å². The van der Waals surface area contributed by atoms with Gasteiger partial charge in [0.25, 0.3) is 0 Å². The molecule has 0 saturated carbocycles. The molecule has 0 spiro atoms. The molecule has 18 heavy (non-hydrogen) atoms. The highest BCUT2D eigenvalue weighted by atomic mass is 16.5. The van der Waals surface area contributed by atoms with E-state index in [1.807, 2.05) is 6.92 Å². The molecule has 4 nitrogen and oxygen atoms in total. The second-order valence-corrected chi connectivity index (χ2v) is 4.23. The maximum absolute atomic E-state index is 11.4. The zero-order valence-electron chi connectivity index (χ0n) is 11.6. The lowest BCUT2D eigenvalue weighted by Gasteiger charge is -2.17. The van der Waals surface area contributed by atoms with Crippen LogP contribution in [0, 0.1) is 5.92 Å². The number of rotatable bonds is 6. The van der Waals surface area contributed by atoms with Crippen LogP contribution in [0.2, 0.25) is 0 Å². The molecule has 1 aromatic carbocycles. The normalized spacial score (nSPS) is 11.8. The lowest BCUT2D eigenvalue weighted by Crippen LogP contribution is -2.11. The quantitative estimate of drug-likeness (QED) is 0.780. The van der Waals surface area contributed by atoms with Crippen molar-refractivity contribution in [2.75, 3.05) is 21.3 Å². The second kappa shape index (κ2) is 6.28. The number of Topliss-reactive ketones (excluding diaryl/α,β-unsaturated/α-hetero) is 1. The largest absolute Gasteiger partial charge is 0.496 e. The van der Waals surface area contributed by atoms with Crippen molar-refractivity contribution in [1.29, 1.82) is 0 Å². The van der Waals surface area contributed by atoms with Crippen molar-refractivity contribution in [1.82, 2.24) is 0 Å². The lowest BCUT2D eigenvalue weighted by atomic mass is 9.96. The van der Waals surface area contributed by atoms with Gasteiger partial charge in [0, 0.05) is 23.6 Å². The standard InChI is InChI=1S/C14H20O4/c1-9(10(2)15)6-12-13(17-4)7-11(16-3)8-14(12)18-5/h7-9H,6H2,1-5H3. The monoisotopic (exact) mass is 252 g/mol. The van der Waals surface area contributed by atoms with Gasteiger partial charge in [0.2, 0.25) is 0 Å². The van der Waals surface area contributed by atoms with E-state index in [4.69, 9.17) is 14.2 Å². The molecule has 100 valence electrons. The van der Waals surface area contributed by atoms with Gasteiger partial charge in [-0.15, -0.1) is 0 Å². The van der Waals surface area contributed by atoms with Crippen LogP contribution in [0.3, 0.4) is 0 Å². The molecule has 0 heterocycles. The van der Waals surface area contributed by atoms with Gasteiger partial charge in [-0.2, -0.15) is 0 Å². The number of carbonyl (C=O) groups excluding carboxylic acids is 1. The maximum Gasteiger partial charge on any atom is 0.132 e. The van der Waals surface area contributed by atoms with Gasteiger partial charge in [0.15, 0.2) is 0 Å². The second-order valence-electron chi connectivity index (χ2n) is 4.23. The van der Waals surface area contributed by atoms with Gasteiger partial charge in [0.1, 0.15) is 23.0 Å². The molecule has 4 heteroatoms. The zero-order chi connectivity index (χ0) is 13.7.